The molecule has 3 aromatic rings. The Labute approximate surface area is 163 Å². The van der Waals surface area contributed by atoms with Crippen LogP contribution in [-0.2, 0) is 4.79 Å². The van der Waals surface area contributed by atoms with Gasteiger partial charge >= 0.3 is 12.1 Å². The number of rotatable bonds is 3. The molecule has 2 heterocycles. The summed E-state index contributed by atoms with van der Waals surface area (Å²) < 4.78 is 33.7. The third kappa shape index (κ3) is 5.86. The smallest absolute Gasteiger partial charge is 0.475 e. The maximum Gasteiger partial charge on any atom is 0.490 e. The second-order valence-electron chi connectivity index (χ2n) is 5.68. The highest BCUT2D eigenvalue weighted by Crippen LogP contribution is 2.17. The molecule has 29 heavy (non-hydrogen) atoms. The van der Waals surface area contributed by atoms with E-state index in [2.05, 4.69) is 20.3 Å². The monoisotopic (exact) mass is 407 g/mol. The quantitative estimate of drug-likeness (QED) is 0.690. The van der Waals surface area contributed by atoms with E-state index in [1.807, 2.05) is 42.7 Å². The fraction of sp³-hybridized carbons (Fsp3) is 0.167. The van der Waals surface area contributed by atoms with E-state index < -0.39 is 12.1 Å². The number of halogens is 3. The van der Waals surface area contributed by atoms with Crippen LogP contribution >= 0.6 is 0 Å². The van der Waals surface area contributed by atoms with Gasteiger partial charge in [-0.3, -0.25) is 4.79 Å². The summed E-state index contributed by atoms with van der Waals surface area (Å²) in [7, 11) is 0. The van der Waals surface area contributed by atoms with Gasteiger partial charge < -0.3 is 15.0 Å². The molecule has 1 aromatic carbocycles. The lowest BCUT2D eigenvalue weighted by atomic mass is 10.2. The fourth-order valence-corrected chi connectivity index (χ4v) is 2.08. The summed E-state index contributed by atoms with van der Waals surface area (Å²) in [6.07, 6.45) is -0.406. The highest BCUT2D eigenvalue weighted by atomic mass is 19.4. The number of nitrogens with one attached hydrogen (secondary N) is 1. The number of carboxylic acid groups (broad SMARTS) is 1. The maximum absolute atomic E-state index is 12.0. The third-order valence-electron chi connectivity index (χ3n) is 3.71. The van der Waals surface area contributed by atoms with E-state index in [1.54, 1.807) is 12.4 Å². The molecule has 0 fully saturated rings. The number of carbonyl (C=O) groups is 2. The van der Waals surface area contributed by atoms with Crippen molar-refractivity contribution in [2.75, 3.05) is 5.32 Å². The molecule has 8 nitrogen and oxygen atoms in total. The lowest BCUT2D eigenvalue weighted by molar-refractivity contribution is -0.192. The van der Waals surface area contributed by atoms with Crippen LogP contribution in [0.2, 0.25) is 0 Å². The molecule has 11 heteroatoms. The number of amides is 1. The van der Waals surface area contributed by atoms with E-state index in [1.165, 1.54) is 12.5 Å². The van der Waals surface area contributed by atoms with Crippen LogP contribution in [-0.4, -0.2) is 42.7 Å². The average molecular weight is 407 g/mol. The number of hydrogen-bond donors (Lipinski definition) is 2. The number of hydrogen-bond acceptors (Lipinski definition) is 5. The fourth-order valence-electron chi connectivity index (χ4n) is 2.08. The van der Waals surface area contributed by atoms with E-state index in [9.17, 15) is 18.0 Å². The van der Waals surface area contributed by atoms with Gasteiger partial charge in [0.05, 0.1) is 12.0 Å². The van der Waals surface area contributed by atoms with E-state index in [4.69, 9.17) is 9.90 Å². The number of aryl methyl sites for hydroxylation is 1. The Bertz CT molecular complexity index is 986. The molecule has 0 saturated carbocycles. The molecular weight excluding hydrogens is 391 g/mol. The van der Waals surface area contributed by atoms with Crippen molar-refractivity contribution in [1.82, 2.24) is 19.5 Å². The first-order valence-electron chi connectivity index (χ1n) is 8.08. The predicted molar refractivity (Wildman–Crippen MR) is 96.7 cm³/mol. The van der Waals surface area contributed by atoms with Gasteiger partial charge in [-0.1, -0.05) is 0 Å². The number of aromatic nitrogens is 4. The van der Waals surface area contributed by atoms with Crippen LogP contribution in [0, 0.1) is 13.8 Å². The van der Waals surface area contributed by atoms with Crippen LogP contribution in [0.4, 0.5) is 18.9 Å². The van der Waals surface area contributed by atoms with Crippen molar-refractivity contribution < 1.29 is 27.9 Å². The van der Waals surface area contributed by atoms with Crippen molar-refractivity contribution in [3.63, 3.8) is 0 Å². The van der Waals surface area contributed by atoms with Crippen molar-refractivity contribution in [2.45, 2.75) is 20.0 Å². The number of carboxylic acids is 1. The van der Waals surface area contributed by atoms with Crippen molar-refractivity contribution in [2.24, 2.45) is 0 Å². The third-order valence-corrected chi connectivity index (χ3v) is 3.71. The first-order valence-corrected chi connectivity index (χ1v) is 8.08. The minimum absolute atomic E-state index is 0.259. The molecule has 0 saturated heterocycles. The van der Waals surface area contributed by atoms with Gasteiger partial charge in [0.15, 0.2) is 0 Å². The Balaban J connectivity index is 0.000000370. The normalized spacial score (nSPS) is 10.7. The van der Waals surface area contributed by atoms with Crippen LogP contribution in [0.5, 0.6) is 0 Å². The highest BCUT2D eigenvalue weighted by molar-refractivity contribution is 6.02. The second kappa shape index (κ2) is 8.95. The Morgan fingerprint density at radius 3 is 2.14 bits per heavy atom. The molecule has 0 aliphatic rings. The van der Waals surface area contributed by atoms with Gasteiger partial charge in [-0.25, -0.2) is 19.7 Å². The van der Waals surface area contributed by atoms with Gasteiger partial charge in [-0.2, -0.15) is 13.2 Å². The van der Waals surface area contributed by atoms with Gasteiger partial charge in [0.1, 0.15) is 12.0 Å². The number of alkyl halides is 3. The second-order valence-corrected chi connectivity index (χ2v) is 5.68. The topological polar surface area (TPSA) is 110 Å². The van der Waals surface area contributed by atoms with Crippen molar-refractivity contribution in [3.05, 3.63) is 66.3 Å². The molecule has 0 unspecified atom stereocenters. The first kappa shape index (κ1) is 21.5. The zero-order chi connectivity index (χ0) is 21.6. The molecule has 0 bridgehead atoms. The zero-order valence-corrected chi connectivity index (χ0v) is 15.3. The van der Waals surface area contributed by atoms with E-state index in [0.717, 1.165) is 17.1 Å². The molecule has 0 aliphatic heterocycles. The molecule has 0 atom stereocenters. The lowest BCUT2D eigenvalue weighted by Crippen LogP contribution is -2.21. The summed E-state index contributed by atoms with van der Waals surface area (Å²) in [6.45, 7) is 4.00. The zero-order valence-electron chi connectivity index (χ0n) is 15.3. The molecule has 3 rings (SSSR count). The number of imidazole rings is 1. The van der Waals surface area contributed by atoms with Gasteiger partial charge in [0, 0.05) is 23.3 Å². The van der Waals surface area contributed by atoms with Gasteiger partial charge in [0.25, 0.3) is 5.91 Å². The number of benzene rings is 1. The van der Waals surface area contributed by atoms with Crippen LogP contribution in [0.15, 0.2) is 49.2 Å². The molecule has 2 N–H and O–H groups in total. The van der Waals surface area contributed by atoms with Gasteiger partial charge in [0.2, 0.25) is 0 Å². The summed E-state index contributed by atoms with van der Waals surface area (Å²) in [5.74, 6) is -3.02. The molecule has 152 valence electrons. The summed E-state index contributed by atoms with van der Waals surface area (Å²) in [6, 6.07) is 9.14. The van der Waals surface area contributed by atoms with Crippen LogP contribution < -0.4 is 5.32 Å². The summed E-state index contributed by atoms with van der Waals surface area (Å²) in [4.78, 5) is 32.9. The molecule has 0 spiro atoms. The van der Waals surface area contributed by atoms with Gasteiger partial charge in [-0.15, -0.1) is 0 Å². The van der Waals surface area contributed by atoms with E-state index >= 15 is 0 Å². The van der Waals surface area contributed by atoms with Crippen LogP contribution in [0.25, 0.3) is 5.69 Å². The molecule has 0 aliphatic carbocycles. The maximum atomic E-state index is 12.0. The van der Waals surface area contributed by atoms with Gasteiger partial charge in [-0.05, 0) is 44.2 Å². The van der Waals surface area contributed by atoms with E-state index in [-0.39, 0.29) is 5.91 Å². The Morgan fingerprint density at radius 2 is 1.69 bits per heavy atom. The summed E-state index contributed by atoms with van der Waals surface area (Å²) >= 11 is 0. The van der Waals surface area contributed by atoms with Crippen molar-refractivity contribution >= 4 is 17.6 Å². The Morgan fingerprint density at radius 1 is 1.07 bits per heavy atom. The minimum Gasteiger partial charge on any atom is -0.475 e. The number of nitrogens with zero attached hydrogens (tertiary/aromatic N) is 4. The Kier molecular flexibility index (Phi) is 6.65. The van der Waals surface area contributed by atoms with Crippen molar-refractivity contribution in [3.8, 4) is 5.69 Å². The lowest BCUT2D eigenvalue weighted by Gasteiger charge is -2.08. The van der Waals surface area contributed by atoms with Crippen LogP contribution in [0.3, 0.4) is 0 Å². The summed E-state index contributed by atoms with van der Waals surface area (Å²) in [5.41, 5.74) is 4.14. The van der Waals surface area contributed by atoms with Crippen LogP contribution in [0.1, 0.15) is 21.9 Å². The number of aliphatic carboxylic acids is 1. The minimum atomic E-state index is -5.08. The number of carbonyl (C=O) groups excluding carboxylic acids is 1. The molecule has 2 aromatic heterocycles. The van der Waals surface area contributed by atoms with E-state index in [0.29, 0.717) is 11.4 Å². The molecular formula is C18H16F3N5O3. The summed E-state index contributed by atoms with van der Waals surface area (Å²) in [5, 5.41) is 9.93. The Hall–Kier alpha value is -3.76. The largest absolute Gasteiger partial charge is 0.490 e. The highest BCUT2D eigenvalue weighted by Gasteiger charge is 2.38. The number of anilines is 1. The molecule has 0 radical (unpaired) electrons. The SMILES string of the molecule is Cc1ncn(-c2ccc(NC(=O)c3ccncn3)cc2)c1C.O=C(O)C(F)(F)F. The standard InChI is InChI=1S/C16H15N5O.C2HF3O2/c1-11-12(2)21(10-19-11)14-5-3-13(4-6-14)20-16(22)15-7-8-17-9-18-15;3-2(4,5)1(6)7/h3-10H,1-2H3,(H,20,22);(H,6,7). The first-order chi connectivity index (χ1) is 13.6. The predicted octanol–water partition coefficient (Wildman–Crippen LogP) is 3.16. The molecule has 1 amide bonds. The van der Waals surface area contributed by atoms with Crippen molar-refractivity contribution in [1.29, 1.82) is 0 Å². The average Bonchev–Trinajstić information content (AvgIpc) is 3.02.